The number of amides is 1. The maximum absolute atomic E-state index is 11.1. The van der Waals surface area contributed by atoms with E-state index in [1.54, 1.807) is 0 Å². The van der Waals surface area contributed by atoms with Crippen LogP contribution in [0.25, 0.3) is 0 Å². The number of fused-ring (bicyclic) bond motifs is 1. The minimum Gasteiger partial charge on any atom is -0.480 e. The number of hydrogen-bond donors (Lipinski definition) is 1. The average Bonchev–Trinajstić information content (AvgIpc) is 2.17. The van der Waals surface area contributed by atoms with Crippen molar-refractivity contribution < 1.29 is 9.53 Å². The van der Waals surface area contributed by atoms with E-state index in [9.17, 15) is 4.79 Å². The Hall–Kier alpha value is -1.29. The third-order valence-corrected chi connectivity index (χ3v) is 2.51. The fraction of sp³-hybridized carbons (Fsp3) is 0.400. The molecule has 0 aromatic carbocycles. The van der Waals surface area contributed by atoms with Crippen LogP contribution in [-0.2, 0) is 4.79 Å². The first-order valence-corrected chi connectivity index (χ1v) is 5.08. The van der Waals surface area contributed by atoms with Crippen LogP contribution in [0.3, 0.4) is 0 Å². The first-order chi connectivity index (χ1) is 7.09. The summed E-state index contributed by atoms with van der Waals surface area (Å²) in [6.07, 6.45) is 1.53. The lowest BCUT2D eigenvalue weighted by molar-refractivity contribution is -0.118. The second kappa shape index (κ2) is 3.70. The van der Waals surface area contributed by atoms with Gasteiger partial charge in [0, 0.05) is 11.8 Å². The number of carbonyl (C=O) groups excluding carboxylic acids is 1. The van der Waals surface area contributed by atoms with Crippen molar-refractivity contribution in [1.82, 2.24) is 4.98 Å². The Morgan fingerprint density at radius 1 is 1.60 bits per heavy atom. The van der Waals surface area contributed by atoms with Crippen molar-refractivity contribution in [3.63, 3.8) is 0 Å². The van der Waals surface area contributed by atoms with Gasteiger partial charge in [-0.25, -0.2) is 4.98 Å². The van der Waals surface area contributed by atoms with Gasteiger partial charge < -0.3 is 10.1 Å². The van der Waals surface area contributed by atoms with Gasteiger partial charge in [0.15, 0.2) is 18.2 Å². The van der Waals surface area contributed by atoms with E-state index in [1.165, 1.54) is 6.20 Å². The zero-order chi connectivity index (χ0) is 11.0. The second-order valence-electron chi connectivity index (χ2n) is 3.69. The summed E-state index contributed by atoms with van der Waals surface area (Å²) in [4.78, 5) is 15.1. The van der Waals surface area contributed by atoms with Crippen molar-refractivity contribution >= 4 is 23.3 Å². The molecular formula is C10H11ClN2O2. The van der Waals surface area contributed by atoms with Crippen LogP contribution in [0.15, 0.2) is 6.20 Å². The van der Waals surface area contributed by atoms with Gasteiger partial charge in [-0.3, -0.25) is 4.79 Å². The summed E-state index contributed by atoms with van der Waals surface area (Å²) in [6, 6.07) is 0. The zero-order valence-corrected chi connectivity index (χ0v) is 9.26. The highest BCUT2D eigenvalue weighted by atomic mass is 35.5. The van der Waals surface area contributed by atoms with Crippen LogP contribution >= 0.6 is 11.6 Å². The monoisotopic (exact) mass is 226 g/mol. The predicted molar refractivity (Wildman–Crippen MR) is 57.5 cm³/mol. The van der Waals surface area contributed by atoms with E-state index in [1.807, 2.05) is 13.8 Å². The molecule has 1 aromatic heterocycles. The molecule has 0 saturated carbocycles. The molecule has 2 heterocycles. The molecule has 0 fully saturated rings. The topological polar surface area (TPSA) is 51.2 Å². The molecule has 1 aliphatic heterocycles. The maximum Gasteiger partial charge on any atom is 0.263 e. The predicted octanol–water partition coefficient (Wildman–Crippen LogP) is 2.19. The van der Waals surface area contributed by atoms with Gasteiger partial charge in [-0.1, -0.05) is 25.4 Å². The summed E-state index contributed by atoms with van der Waals surface area (Å²) in [7, 11) is 0. The van der Waals surface area contributed by atoms with E-state index in [0.29, 0.717) is 16.6 Å². The highest BCUT2D eigenvalue weighted by molar-refractivity contribution is 6.31. The van der Waals surface area contributed by atoms with Gasteiger partial charge in [-0.2, -0.15) is 0 Å². The summed E-state index contributed by atoms with van der Waals surface area (Å²) >= 11 is 6.04. The number of hydrogen-bond acceptors (Lipinski definition) is 3. The molecule has 0 atom stereocenters. The molecule has 15 heavy (non-hydrogen) atoms. The number of anilines is 1. The van der Waals surface area contributed by atoms with Crippen molar-refractivity contribution in [2.24, 2.45) is 0 Å². The Kier molecular flexibility index (Phi) is 2.52. The Bertz CT molecular complexity index is 418. The average molecular weight is 227 g/mol. The molecule has 80 valence electrons. The van der Waals surface area contributed by atoms with Crippen LogP contribution in [0.4, 0.5) is 5.82 Å². The summed E-state index contributed by atoms with van der Waals surface area (Å²) < 4.78 is 5.35. The van der Waals surface area contributed by atoms with E-state index >= 15 is 0 Å². The molecule has 0 bridgehead atoms. The minimum atomic E-state index is -0.188. The molecular weight excluding hydrogens is 216 g/mol. The molecule has 5 heteroatoms. The van der Waals surface area contributed by atoms with Gasteiger partial charge in [-0.05, 0) is 5.92 Å². The summed E-state index contributed by atoms with van der Waals surface area (Å²) in [5.74, 6) is 1.09. The van der Waals surface area contributed by atoms with E-state index < -0.39 is 0 Å². The standard InChI is InChI=1S/C10H11ClN2O2/c1-5(2)8-6(11)3-12-10-9(8)15-4-7(14)13-10/h3,5H,4H2,1-2H3,(H,12,13,14). The number of carbonyl (C=O) groups is 1. The second-order valence-corrected chi connectivity index (χ2v) is 4.10. The first-order valence-electron chi connectivity index (χ1n) is 4.70. The van der Waals surface area contributed by atoms with Gasteiger partial charge in [0.2, 0.25) is 0 Å². The van der Waals surface area contributed by atoms with E-state index in [2.05, 4.69) is 10.3 Å². The number of halogens is 1. The molecule has 0 radical (unpaired) electrons. The van der Waals surface area contributed by atoms with Gasteiger partial charge in [0.05, 0.1) is 5.02 Å². The molecule has 1 aromatic rings. The Labute approximate surface area is 92.6 Å². The van der Waals surface area contributed by atoms with Crippen molar-refractivity contribution in [2.45, 2.75) is 19.8 Å². The fourth-order valence-corrected chi connectivity index (χ4v) is 1.92. The zero-order valence-electron chi connectivity index (χ0n) is 8.50. The highest BCUT2D eigenvalue weighted by Gasteiger charge is 2.23. The third kappa shape index (κ3) is 1.77. The van der Waals surface area contributed by atoms with Crippen molar-refractivity contribution in [3.05, 3.63) is 16.8 Å². The molecule has 2 rings (SSSR count). The molecule has 1 aliphatic rings. The fourth-order valence-electron chi connectivity index (χ4n) is 1.56. The Morgan fingerprint density at radius 3 is 3.00 bits per heavy atom. The number of rotatable bonds is 1. The van der Waals surface area contributed by atoms with Crippen LogP contribution in [0, 0.1) is 0 Å². The number of nitrogens with zero attached hydrogens (tertiary/aromatic N) is 1. The molecule has 4 nitrogen and oxygen atoms in total. The molecule has 0 saturated heterocycles. The van der Waals surface area contributed by atoms with Crippen molar-refractivity contribution in [1.29, 1.82) is 0 Å². The Balaban J connectivity index is 2.55. The van der Waals surface area contributed by atoms with Crippen LogP contribution in [-0.4, -0.2) is 17.5 Å². The maximum atomic E-state index is 11.1. The Morgan fingerprint density at radius 2 is 2.33 bits per heavy atom. The summed E-state index contributed by atoms with van der Waals surface area (Å²) in [5.41, 5.74) is 0.890. The van der Waals surface area contributed by atoms with E-state index in [0.717, 1.165) is 5.56 Å². The van der Waals surface area contributed by atoms with Crippen molar-refractivity contribution in [2.75, 3.05) is 11.9 Å². The SMILES string of the molecule is CC(C)c1c(Cl)cnc2c1OCC(=O)N2. The first kappa shape index (κ1) is 10.2. The van der Waals surface area contributed by atoms with Crippen LogP contribution in [0.5, 0.6) is 5.75 Å². The van der Waals surface area contributed by atoms with E-state index in [4.69, 9.17) is 16.3 Å². The molecule has 0 aliphatic carbocycles. The summed E-state index contributed by atoms with van der Waals surface area (Å²) in [6.45, 7) is 4.05. The normalized spacial score (nSPS) is 14.5. The smallest absolute Gasteiger partial charge is 0.263 e. The lowest BCUT2D eigenvalue weighted by Gasteiger charge is -2.21. The number of aromatic nitrogens is 1. The highest BCUT2D eigenvalue weighted by Crippen LogP contribution is 2.38. The summed E-state index contributed by atoms with van der Waals surface area (Å²) in [5, 5.41) is 3.22. The number of nitrogens with one attached hydrogen (secondary N) is 1. The largest absolute Gasteiger partial charge is 0.480 e. The quantitative estimate of drug-likeness (QED) is 0.799. The van der Waals surface area contributed by atoms with Gasteiger partial charge in [-0.15, -0.1) is 0 Å². The van der Waals surface area contributed by atoms with Gasteiger partial charge >= 0.3 is 0 Å². The molecule has 1 amide bonds. The number of ether oxygens (including phenoxy) is 1. The lowest BCUT2D eigenvalue weighted by Crippen LogP contribution is -2.27. The molecule has 0 unspecified atom stereocenters. The molecule has 1 N–H and O–H groups in total. The van der Waals surface area contributed by atoms with Crippen molar-refractivity contribution in [3.8, 4) is 5.75 Å². The number of pyridine rings is 1. The van der Waals surface area contributed by atoms with Crippen LogP contribution in [0.1, 0.15) is 25.3 Å². The van der Waals surface area contributed by atoms with Crippen LogP contribution in [0.2, 0.25) is 5.02 Å². The third-order valence-electron chi connectivity index (χ3n) is 2.21. The van der Waals surface area contributed by atoms with Crippen LogP contribution < -0.4 is 10.1 Å². The minimum absolute atomic E-state index is 0.0226. The van der Waals surface area contributed by atoms with Gasteiger partial charge in [0.25, 0.3) is 5.91 Å². The van der Waals surface area contributed by atoms with Gasteiger partial charge in [0.1, 0.15) is 0 Å². The molecule has 0 spiro atoms. The lowest BCUT2D eigenvalue weighted by atomic mass is 10.0. The van der Waals surface area contributed by atoms with E-state index in [-0.39, 0.29) is 18.4 Å².